The van der Waals surface area contributed by atoms with Crippen LogP contribution in [0.2, 0.25) is 0 Å². The van der Waals surface area contributed by atoms with Gasteiger partial charge in [-0.25, -0.2) is 4.79 Å². The van der Waals surface area contributed by atoms with Gasteiger partial charge >= 0.3 is 5.97 Å². The van der Waals surface area contributed by atoms with E-state index in [0.717, 1.165) is 45.4 Å². The Labute approximate surface area is 332 Å². The van der Waals surface area contributed by atoms with Gasteiger partial charge in [-0.15, -0.1) is 0 Å². The van der Waals surface area contributed by atoms with Crippen LogP contribution in [0.25, 0.3) is 0 Å². The minimum atomic E-state index is -2.90. The minimum Gasteiger partial charge on any atom is -0.477 e. The number of nitrogens with one attached hydrogen (secondary N) is 1. The summed E-state index contributed by atoms with van der Waals surface area (Å²) in [4.78, 5) is 24.6. The lowest BCUT2D eigenvalue weighted by Gasteiger charge is -2.49. The second-order valence-corrected chi connectivity index (χ2v) is 15.6. The summed E-state index contributed by atoms with van der Waals surface area (Å²) in [6, 6.07) is -1.53. The summed E-state index contributed by atoms with van der Waals surface area (Å²) in [7, 11) is 0. The monoisotopic (exact) mass is 792 g/mol. The number of ether oxygens (including phenoxy) is 4. The largest absolute Gasteiger partial charge is 0.477 e. The standard InChI is InChI=1S/C42H81NO12/c1-4-6-8-10-12-14-16-18-20-22-24-26-28-52-31-34(53-29-27-25-23-21-19-17-15-13-11-9-7-5-2)32-54-42(41(50)51)40(49)38(48)36(43-33(3)45)39(55-42)37(47)35(46)30-44/h34-40,44,46-49H,4-32H2,1-3H3,(H,43,45)(H,50,51)/t34-,35+,36+,37+,38+,39+,40-,42-/m0/s1. The highest BCUT2D eigenvalue weighted by molar-refractivity contribution is 5.77. The molecule has 7 N–H and O–H groups in total. The van der Waals surface area contributed by atoms with Crippen molar-refractivity contribution >= 4 is 11.9 Å². The SMILES string of the molecule is CCCCCCCCCCCCCCOC[C@@H](CO[C@]1(C(=O)O)O[C@@H]([C@H](O)[C@H](O)CO)[C@H](NC(C)=O)[C@@H](O)[C@@H]1O)OCCCCCCCCCCCCCC. The molecule has 1 aliphatic heterocycles. The fourth-order valence-corrected chi connectivity index (χ4v) is 7.14. The van der Waals surface area contributed by atoms with Crippen LogP contribution in [0.1, 0.15) is 175 Å². The van der Waals surface area contributed by atoms with Crippen molar-refractivity contribution < 1.29 is 59.2 Å². The zero-order chi connectivity index (χ0) is 40.7. The highest BCUT2D eigenvalue weighted by Crippen LogP contribution is 2.34. The number of unbranched alkanes of at least 4 members (excludes halogenated alkanes) is 22. The normalized spacial score (nSPS) is 23.1. The molecule has 326 valence electrons. The van der Waals surface area contributed by atoms with Crippen LogP contribution in [-0.4, -0.2) is 124 Å². The van der Waals surface area contributed by atoms with Crippen molar-refractivity contribution in [2.75, 3.05) is 33.0 Å². The van der Waals surface area contributed by atoms with Gasteiger partial charge in [-0.3, -0.25) is 4.79 Å². The number of hydrogen-bond donors (Lipinski definition) is 7. The minimum absolute atomic E-state index is 0.0917. The molecule has 0 spiro atoms. The number of aliphatic hydroxyl groups is 5. The quantitative estimate of drug-likeness (QED) is 0.0366. The molecule has 1 amide bonds. The van der Waals surface area contributed by atoms with Gasteiger partial charge in [-0.05, 0) is 12.8 Å². The Morgan fingerprint density at radius 1 is 0.691 bits per heavy atom. The summed E-state index contributed by atoms with van der Waals surface area (Å²) < 4.78 is 23.5. The van der Waals surface area contributed by atoms with Crippen LogP contribution in [-0.2, 0) is 28.5 Å². The molecule has 0 bridgehead atoms. The zero-order valence-corrected chi connectivity index (χ0v) is 34.7. The first-order valence-electron chi connectivity index (χ1n) is 21.9. The van der Waals surface area contributed by atoms with Crippen LogP contribution in [0, 0.1) is 0 Å². The second-order valence-electron chi connectivity index (χ2n) is 15.6. The first kappa shape index (κ1) is 51.6. The summed E-state index contributed by atoms with van der Waals surface area (Å²) in [5, 5.41) is 65.0. The Morgan fingerprint density at radius 3 is 1.55 bits per heavy atom. The van der Waals surface area contributed by atoms with Gasteiger partial charge in [0.25, 0.3) is 5.79 Å². The molecule has 0 aromatic carbocycles. The molecular formula is C42H81NO12. The molecule has 1 rings (SSSR count). The van der Waals surface area contributed by atoms with Gasteiger partial charge in [0, 0.05) is 20.1 Å². The van der Waals surface area contributed by atoms with Crippen molar-refractivity contribution in [2.45, 2.75) is 223 Å². The van der Waals surface area contributed by atoms with Crippen LogP contribution in [0.3, 0.4) is 0 Å². The summed E-state index contributed by atoms with van der Waals surface area (Å²) in [6.45, 7) is 5.24. The predicted octanol–water partition coefficient (Wildman–Crippen LogP) is 5.93. The smallest absolute Gasteiger partial charge is 0.367 e. The van der Waals surface area contributed by atoms with E-state index in [2.05, 4.69) is 19.2 Å². The molecule has 1 fully saturated rings. The number of aliphatic carboxylic acids is 1. The molecule has 1 aliphatic rings. The van der Waals surface area contributed by atoms with E-state index in [1.807, 2.05) is 0 Å². The summed E-state index contributed by atoms with van der Waals surface area (Å²) in [5.41, 5.74) is 0. The van der Waals surface area contributed by atoms with Crippen LogP contribution < -0.4 is 5.32 Å². The lowest BCUT2D eigenvalue weighted by Crippen LogP contribution is -2.74. The van der Waals surface area contributed by atoms with Gasteiger partial charge in [-0.2, -0.15) is 0 Å². The van der Waals surface area contributed by atoms with Crippen molar-refractivity contribution in [3.05, 3.63) is 0 Å². The first-order valence-corrected chi connectivity index (χ1v) is 21.9. The molecule has 0 unspecified atom stereocenters. The Balaban J connectivity index is 2.74. The molecule has 0 aromatic rings. The molecule has 55 heavy (non-hydrogen) atoms. The maximum atomic E-state index is 12.7. The van der Waals surface area contributed by atoms with E-state index in [-0.39, 0.29) is 6.61 Å². The second kappa shape index (κ2) is 32.5. The maximum absolute atomic E-state index is 12.7. The van der Waals surface area contributed by atoms with E-state index in [1.165, 1.54) is 116 Å². The topological polar surface area (TPSA) is 204 Å². The Kier molecular flexibility index (Phi) is 30.5. The summed E-state index contributed by atoms with van der Waals surface area (Å²) in [6.07, 6.45) is 18.6. The van der Waals surface area contributed by atoms with E-state index >= 15 is 0 Å². The van der Waals surface area contributed by atoms with Gasteiger partial charge in [0.05, 0.1) is 25.9 Å². The molecular weight excluding hydrogens is 710 g/mol. The predicted molar refractivity (Wildman–Crippen MR) is 213 cm³/mol. The number of carboxylic acids is 1. The van der Waals surface area contributed by atoms with Crippen molar-refractivity contribution in [1.29, 1.82) is 0 Å². The average molecular weight is 792 g/mol. The third-order valence-electron chi connectivity index (χ3n) is 10.6. The highest BCUT2D eigenvalue weighted by atomic mass is 16.7. The van der Waals surface area contributed by atoms with E-state index in [0.29, 0.717) is 13.2 Å². The number of carbonyl (C=O) groups excluding carboxylic acids is 1. The van der Waals surface area contributed by atoms with E-state index in [1.54, 1.807) is 0 Å². The van der Waals surface area contributed by atoms with Gasteiger partial charge in [0.15, 0.2) is 0 Å². The van der Waals surface area contributed by atoms with Gasteiger partial charge in [0.2, 0.25) is 5.91 Å². The molecule has 13 nitrogen and oxygen atoms in total. The Morgan fingerprint density at radius 2 is 1.13 bits per heavy atom. The van der Waals surface area contributed by atoms with E-state index in [9.17, 15) is 40.2 Å². The number of rotatable bonds is 37. The molecule has 13 heteroatoms. The van der Waals surface area contributed by atoms with Crippen LogP contribution in [0.15, 0.2) is 0 Å². The number of hydrogen-bond acceptors (Lipinski definition) is 11. The van der Waals surface area contributed by atoms with Crippen LogP contribution in [0.5, 0.6) is 0 Å². The number of carbonyl (C=O) groups is 2. The van der Waals surface area contributed by atoms with E-state index in [4.69, 9.17) is 18.9 Å². The zero-order valence-electron chi connectivity index (χ0n) is 34.7. The Hall–Kier alpha value is -1.42. The first-order chi connectivity index (χ1) is 26.5. The molecule has 8 atom stereocenters. The van der Waals surface area contributed by atoms with Gasteiger partial charge in [0.1, 0.15) is 36.6 Å². The fourth-order valence-electron chi connectivity index (χ4n) is 7.14. The van der Waals surface area contributed by atoms with Crippen molar-refractivity contribution in [3.63, 3.8) is 0 Å². The molecule has 0 aliphatic carbocycles. The average Bonchev–Trinajstić information content (AvgIpc) is 3.17. The molecule has 1 heterocycles. The van der Waals surface area contributed by atoms with Crippen LogP contribution >= 0.6 is 0 Å². The maximum Gasteiger partial charge on any atom is 0.367 e. The third-order valence-corrected chi connectivity index (χ3v) is 10.6. The molecule has 1 saturated heterocycles. The van der Waals surface area contributed by atoms with Gasteiger partial charge in [-0.1, -0.05) is 155 Å². The van der Waals surface area contributed by atoms with E-state index < -0.39 is 73.5 Å². The van der Waals surface area contributed by atoms with Crippen LogP contribution in [0.4, 0.5) is 0 Å². The molecule has 0 radical (unpaired) electrons. The summed E-state index contributed by atoms with van der Waals surface area (Å²) >= 11 is 0. The van der Waals surface area contributed by atoms with Crippen molar-refractivity contribution in [2.24, 2.45) is 0 Å². The number of carboxylic acid groups (broad SMARTS) is 1. The lowest BCUT2D eigenvalue weighted by molar-refractivity contribution is -0.351. The van der Waals surface area contributed by atoms with Gasteiger partial charge < -0.3 is 54.9 Å². The lowest BCUT2D eigenvalue weighted by atomic mass is 9.86. The molecule has 0 saturated carbocycles. The number of aliphatic hydroxyl groups excluding tert-OH is 5. The third kappa shape index (κ3) is 21.8. The summed E-state index contributed by atoms with van der Waals surface area (Å²) in [5.74, 6) is -5.37. The highest BCUT2D eigenvalue weighted by Gasteiger charge is 2.62. The Bertz CT molecular complexity index is 944. The van der Waals surface area contributed by atoms with Crippen molar-refractivity contribution in [1.82, 2.24) is 5.32 Å². The molecule has 0 aromatic heterocycles. The van der Waals surface area contributed by atoms with Crippen molar-refractivity contribution in [3.8, 4) is 0 Å². The number of amides is 1. The fraction of sp³-hybridized carbons (Fsp3) is 0.952.